The molecule has 0 radical (unpaired) electrons. The van der Waals surface area contributed by atoms with E-state index in [9.17, 15) is 39.5 Å². The number of halogens is 9. The molecule has 2 rings (SSSR count). The van der Waals surface area contributed by atoms with E-state index in [1.807, 2.05) is 20.8 Å². The van der Waals surface area contributed by atoms with Gasteiger partial charge in [-0.25, -0.2) is 0 Å². The third kappa shape index (κ3) is 4.81. The first-order valence-electron chi connectivity index (χ1n) is 9.42. The van der Waals surface area contributed by atoms with Crippen molar-refractivity contribution in [2.45, 2.75) is 57.1 Å². The fraction of sp³-hybridized carbons (Fsp3) is 0.391. The standard InChI is InChI=1S/C23H21F9/c1-14-6-5-7-16(12-14)18(15-8-10-17(11-9-15)19(2,3)4)13-20(24,25)21(26,27)22(28,29)23(30,31)32/h5-13H,1-4H3/b18-13-. The molecule has 9 heteroatoms. The first kappa shape index (κ1) is 25.8. The molecule has 0 bridgehead atoms. The molecule has 0 spiro atoms. The van der Waals surface area contributed by atoms with Crippen molar-refractivity contribution in [1.29, 1.82) is 0 Å². The minimum absolute atomic E-state index is 0.0423. The molecule has 0 saturated carbocycles. The SMILES string of the molecule is Cc1cccc(/C(=C\C(F)(F)C(F)(F)C(F)(F)C(F)(F)F)c2ccc(C(C)(C)C)cc2)c1. The van der Waals surface area contributed by atoms with Crippen LogP contribution in [0, 0.1) is 6.92 Å². The summed E-state index contributed by atoms with van der Waals surface area (Å²) >= 11 is 0. The number of rotatable bonds is 5. The maximum absolute atomic E-state index is 14.4. The maximum atomic E-state index is 14.4. The number of allylic oxidation sites excluding steroid dienone is 1. The third-order valence-electron chi connectivity index (χ3n) is 4.89. The Balaban J connectivity index is 2.72. The Morgan fingerprint density at radius 1 is 0.688 bits per heavy atom. The first-order chi connectivity index (χ1) is 14.3. The highest BCUT2D eigenvalue weighted by Gasteiger charge is 2.81. The topological polar surface area (TPSA) is 0 Å². The Morgan fingerprint density at radius 2 is 1.22 bits per heavy atom. The van der Waals surface area contributed by atoms with E-state index in [2.05, 4.69) is 0 Å². The number of benzene rings is 2. The van der Waals surface area contributed by atoms with E-state index in [-0.39, 0.29) is 16.5 Å². The van der Waals surface area contributed by atoms with Crippen LogP contribution in [0.2, 0.25) is 0 Å². The monoisotopic (exact) mass is 468 g/mol. The van der Waals surface area contributed by atoms with Gasteiger partial charge in [0.2, 0.25) is 0 Å². The van der Waals surface area contributed by atoms with Crippen LogP contribution in [0.15, 0.2) is 54.6 Å². The number of hydrogen-bond donors (Lipinski definition) is 0. The second-order valence-electron chi connectivity index (χ2n) is 8.52. The summed E-state index contributed by atoms with van der Waals surface area (Å²) in [6.07, 6.45) is -7.39. The number of alkyl halides is 9. The van der Waals surface area contributed by atoms with Crippen LogP contribution in [-0.4, -0.2) is 23.9 Å². The largest absolute Gasteiger partial charge is 0.460 e. The number of aryl methyl sites for hydroxylation is 1. The zero-order chi connectivity index (χ0) is 24.8. The van der Waals surface area contributed by atoms with E-state index < -0.39 is 35.6 Å². The summed E-state index contributed by atoms with van der Waals surface area (Å²) in [5.41, 5.74) is 0.281. The molecule has 0 saturated heterocycles. The van der Waals surface area contributed by atoms with Crippen molar-refractivity contribution in [3.63, 3.8) is 0 Å². The zero-order valence-corrected chi connectivity index (χ0v) is 17.6. The van der Waals surface area contributed by atoms with Crippen LogP contribution in [0.1, 0.15) is 43.0 Å². The molecule has 0 aliphatic rings. The lowest BCUT2D eigenvalue weighted by molar-refractivity contribution is -0.388. The summed E-state index contributed by atoms with van der Waals surface area (Å²) in [7, 11) is 0. The molecule has 0 aromatic heterocycles. The summed E-state index contributed by atoms with van der Waals surface area (Å²) in [4.78, 5) is 0. The van der Waals surface area contributed by atoms with Crippen LogP contribution in [-0.2, 0) is 5.41 Å². The van der Waals surface area contributed by atoms with Crippen molar-refractivity contribution >= 4 is 5.57 Å². The summed E-state index contributed by atoms with van der Waals surface area (Å²) in [5, 5.41) is 0. The highest BCUT2D eigenvalue weighted by Crippen LogP contribution is 2.54. The van der Waals surface area contributed by atoms with Gasteiger partial charge in [-0.3, -0.25) is 0 Å². The Morgan fingerprint density at radius 3 is 1.66 bits per heavy atom. The molecule has 0 aliphatic carbocycles. The molecule has 0 amide bonds. The summed E-state index contributed by atoms with van der Waals surface area (Å²) < 4.78 is 121. The van der Waals surface area contributed by atoms with Gasteiger partial charge in [0.15, 0.2) is 0 Å². The second-order valence-corrected chi connectivity index (χ2v) is 8.52. The molecule has 0 fully saturated rings. The van der Waals surface area contributed by atoms with E-state index in [1.165, 1.54) is 30.3 Å². The first-order valence-corrected chi connectivity index (χ1v) is 9.42. The molecule has 0 N–H and O–H groups in total. The van der Waals surface area contributed by atoms with Gasteiger partial charge >= 0.3 is 23.9 Å². The third-order valence-corrected chi connectivity index (χ3v) is 4.89. The van der Waals surface area contributed by atoms with Gasteiger partial charge in [-0.05, 0) is 40.7 Å². The minimum atomic E-state index is -6.95. The van der Waals surface area contributed by atoms with E-state index >= 15 is 0 Å². The predicted octanol–water partition coefficient (Wildman–Crippen LogP) is 8.19. The minimum Gasteiger partial charge on any atom is -0.195 e. The molecule has 2 aromatic carbocycles. The van der Waals surface area contributed by atoms with Gasteiger partial charge in [0.25, 0.3) is 0 Å². The van der Waals surface area contributed by atoms with Crippen LogP contribution >= 0.6 is 0 Å². The fourth-order valence-electron chi connectivity index (χ4n) is 2.95. The van der Waals surface area contributed by atoms with E-state index in [0.29, 0.717) is 5.56 Å². The quantitative estimate of drug-likeness (QED) is 0.388. The van der Waals surface area contributed by atoms with E-state index in [4.69, 9.17) is 0 Å². The average Bonchev–Trinajstić information content (AvgIpc) is 2.64. The van der Waals surface area contributed by atoms with Crippen molar-refractivity contribution < 1.29 is 39.5 Å². The summed E-state index contributed by atoms with van der Waals surface area (Å²) in [6, 6.07) is 11.3. The lowest BCUT2D eigenvalue weighted by Crippen LogP contribution is -2.60. The van der Waals surface area contributed by atoms with Crippen molar-refractivity contribution in [1.82, 2.24) is 0 Å². The van der Waals surface area contributed by atoms with Gasteiger partial charge in [0, 0.05) is 0 Å². The number of hydrogen-bond acceptors (Lipinski definition) is 0. The van der Waals surface area contributed by atoms with Crippen LogP contribution in [0.5, 0.6) is 0 Å². The molecule has 0 atom stereocenters. The van der Waals surface area contributed by atoms with Crippen molar-refractivity contribution in [2.24, 2.45) is 0 Å². The second kappa shape index (κ2) is 8.15. The van der Waals surface area contributed by atoms with Crippen molar-refractivity contribution in [3.8, 4) is 0 Å². The van der Waals surface area contributed by atoms with E-state index in [0.717, 1.165) is 5.56 Å². The Hall–Kier alpha value is -2.45. The molecule has 0 unspecified atom stereocenters. The van der Waals surface area contributed by atoms with Crippen LogP contribution < -0.4 is 0 Å². The Kier molecular flexibility index (Phi) is 6.58. The van der Waals surface area contributed by atoms with Gasteiger partial charge in [0.05, 0.1) is 0 Å². The van der Waals surface area contributed by atoms with Crippen molar-refractivity contribution in [3.05, 3.63) is 76.9 Å². The lowest BCUT2D eigenvalue weighted by Gasteiger charge is -2.32. The van der Waals surface area contributed by atoms with E-state index in [1.54, 1.807) is 25.1 Å². The maximum Gasteiger partial charge on any atom is 0.460 e. The van der Waals surface area contributed by atoms with Gasteiger partial charge in [-0.1, -0.05) is 74.9 Å². The molecule has 0 nitrogen and oxygen atoms in total. The molecule has 32 heavy (non-hydrogen) atoms. The van der Waals surface area contributed by atoms with Crippen LogP contribution in [0.3, 0.4) is 0 Å². The smallest absolute Gasteiger partial charge is 0.195 e. The summed E-state index contributed by atoms with van der Waals surface area (Å²) in [6.45, 7) is 7.18. The van der Waals surface area contributed by atoms with Crippen LogP contribution in [0.25, 0.3) is 5.57 Å². The van der Waals surface area contributed by atoms with Gasteiger partial charge in [0.1, 0.15) is 0 Å². The lowest BCUT2D eigenvalue weighted by atomic mass is 9.85. The Labute approximate surface area is 179 Å². The predicted molar refractivity (Wildman–Crippen MR) is 104 cm³/mol. The molecule has 0 aliphatic heterocycles. The van der Waals surface area contributed by atoms with Crippen molar-refractivity contribution in [2.75, 3.05) is 0 Å². The Bertz CT molecular complexity index is 976. The zero-order valence-electron chi connectivity index (χ0n) is 17.6. The molecule has 176 valence electrons. The average molecular weight is 468 g/mol. The highest BCUT2D eigenvalue weighted by molar-refractivity contribution is 5.81. The molecular weight excluding hydrogens is 447 g/mol. The summed E-state index contributed by atoms with van der Waals surface area (Å²) in [5.74, 6) is -19.5. The molecule has 0 heterocycles. The van der Waals surface area contributed by atoms with Gasteiger partial charge < -0.3 is 0 Å². The highest BCUT2D eigenvalue weighted by atomic mass is 19.4. The normalized spacial score (nSPS) is 14.6. The van der Waals surface area contributed by atoms with Crippen LogP contribution in [0.4, 0.5) is 39.5 Å². The fourth-order valence-corrected chi connectivity index (χ4v) is 2.95. The molecule has 2 aromatic rings. The van der Waals surface area contributed by atoms with Gasteiger partial charge in [-0.2, -0.15) is 39.5 Å². The molecular formula is C23H21F9. The van der Waals surface area contributed by atoms with Gasteiger partial charge in [-0.15, -0.1) is 0 Å².